The first-order chi connectivity index (χ1) is 4.68. The van der Waals surface area contributed by atoms with E-state index in [1.165, 1.54) is 0 Å². The molecule has 0 aliphatic rings. The summed E-state index contributed by atoms with van der Waals surface area (Å²) in [4.78, 5) is 0. The summed E-state index contributed by atoms with van der Waals surface area (Å²) in [6.07, 6.45) is 0. The van der Waals surface area contributed by atoms with Crippen LogP contribution in [-0.2, 0) is 0 Å². The molecule has 0 heterocycles. The van der Waals surface area contributed by atoms with Crippen LogP contribution in [-0.4, -0.2) is 54.6 Å². The molecule has 0 aromatic heterocycles. The van der Waals surface area contributed by atoms with Gasteiger partial charge in [0.1, 0.15) is 13.1 Å². The maximum atomic E-state index is 8.66. The lowest BCUT2D eigenvalue weighted by Crippen LogP contribution is -2.47. The first-order valence-electron chi connectivity index (χ1n) is 3.74. The second-order valence-electron chi connectivity index (χ2n) is 2.83. The third kappa shape index (κ3) is 5.18. The molecule has 0 fully saturated rings. The van der Waals surface area contributed by atoms with Crippen LogP contribution in [0, 0.1) is 7.43 Å². The average molecular weight is 163 g/mol. The first kappa shape index (κ1) is 13.5. The van der Waals surface area contributed by atoms with Crippen molar-refractivity contribution in [1.82, 2.24) is 0 Å². The van der Waals surface area contributed by atoms with Crippen molar-refractivity contribution in [3.8, 4) is 0 Å². The zero-order valence-electron chi connectivity index (χ0n) is 7.88. The van der Waals surface area contributed by atoms with Gasteiger partial charge in [0.2, 0.25) is 0 Å². The molecule has 0 saturated carbocycles. The van der Waals surface area contributed by atoms with E-state index in [1.807, 2.05) is 7.05 Å². The Hall–Kier alpha value is -0.120. The molecule has 0 atom stereocenters. The van der Waals surface area contributed by atoms with E-state index in [9.17, 15) is 0 Å². The lowest BCUT2D eigenvalue weighted by molar-refractivity contribution is -0.908. The monoisotopic (exact) mass is 163 g/mol. The highest BCUT2D eigenvalue weighted by molar-refractivity contribution is 4.34. The minimum atomic E-state index is 0. The van der Waals surface area contributed by atoms with E-state index in [0.717, 1.165) is 24.1 Å². The normalized spacial score (nSPS) is 10.9. The van der Waals surface area contributed by atoms with E-state index < -0.39 is 0 Å². The Morgan fingerprint density at radius 3 is 1.64 bits per heavy atom. The summed E-state index contributed by atoms with van der Waals surface area (Å²) >= 11 is 0. The summed E-state index contributed by atoms with van der Waals surface area (Å²) in [5.74, 6) is 0. The molecule has 0 radical (unpaired) electrons. The van der Waals surface area contributed by atoms with Crippen molar-refractivity contribution in [3.63, 3.8) is 0 Å². The van der Waals surface area contributed by atoms with Crippen molar-refractivity contribution in [3.05, 3.63) is 7.43 Å². The third-order valence-corrected chi connectivity index (χ3v) is 2.04. The Bertz CT molecular complexity index is 80.2. The summed E-state index contributed by atoms with van der Waals surface area (Å²) in [5, 5.41) is 17.3. The number of hydrogen-bond donors (Lipinski definition) is 2. The predicted octanol–water partition coefficient (Wildman–Crippen LogP) is -0.112. The van der Waals surface area contributed by atoms with Crippen LogP contribution in [0.1, 0.15) is 6.92 Å². The molecular weight excluding hydrogens is 142 g/mol. The number of aliphatic hydroxyl groups is 2. The zero-order valence-corrected chi connectivity index (χ0v) is 7.88. The van der Waals surface area contributed by atoms with Gasteiger partial charge in [-0.1, -0.05) is 0 Å². The van der Waals surface area contributed by atoms with Crippen molar-refractivity contribution in [2.75, 3.05) is 39.9 Å². The molecule has 3 nitrogen and oxygen atoms in total. The topological polar surface area (TPSA) is 40.5 Å². The van der Waals surface area contributed by atoms with Crippen LogP contribution in [0.15, 0.2) is 0 Å². The maximum Gasteiger partial charge on any atom is 0.102 e. The number of aliphatic hydroxyl groups excluding tert-OH is 2. The molecule has 11 heavy (non-hydrogen) atoms. The molecule has 0 spiro atoms. The Kier molecular flexibility index (Phi) is 8.06. The highest BCUT2D eigenvalue weighted by Gasteiger charge is 2.16. The molecule has 2 N–H and O–H groups in total. The van der Waals surface area contributed by atoms with E-state index in [-0.39, 0.29) is 20.6 Å². The molecule has 3 heteroatoms. The van der Waals surface area contributed by atoms with E-state index in [4.69, 9.17) is 10.2 Å². The number of rotatable bonds is 5. The molecule has 0 bridgehead atoms. The number of nitrogens with zero attached hydrogens (tertiary/aromatic N) is 1. The predicted molar refractivity (Wildman–Crippen MR) is 47.0 cm³/mol. The van der Waals surface area contributed by atoms with E-state index in [0.29, 0.717) is 0 Å². The molecule has 0 aromatic rings. The van der Waals surface area contributed by atoms with Crippen LogP contribution in [0.25, 0.3) is 0 Å². The molecular formula is C8H21NO2. The molecule has 0 rings (SSSR count). The smallest absolute Gasteiger partial charge is 0.102 e. The number of hydrogen-bond acceptors (Lipinski definition) is 2. The number of likely N-dealkylation sites (N-methyl/N-ethyl adjacent to an activating group) is 1. The van der Waals surface area contributed by atoms with Gasteiger partial charge in [-0.15, -0.1) is 0 Å². The SMILES string of the molecule is CC[N+](C)(CCO)CCO.[CH3-]. The molecule has 0 amide bonds. The van der Waals surface area contributed by atoms with Gasteiger partial charge in [0.25, 0.3) is 0 Å². The van der Waals surface area contributed by atoms with Gasteiger partial charge >= 0.3 is 0 Å². The van der Waals surface area contributed by atoms with Gasteiger partial charge in [0.05, 0.1) is 26.8 Å². The summed E-state index contributed by atoms with van der Waals surface area (Å²) in [5.41, 5.74) is 0. The molecule has 70 valence electrons. The van der Waals surface area contributed by atoms with E-state index in [1.54, 1.807) is 0 Å². The van der Waals surface area contributed by atoms with Gasteiger partial charge in [-0.25, -0.2) is 0 Å². The molecule has 0 aliphatic carbocycles. The highest BCUT2D eigenvalue weighted by atomic mass is 16.3. The molecule has 0 aliphatic heterocycles. The maximum absolute atomic E-state index is 8.66. The average Bonchev–Trinajstić information content (AvgIpc) is 1.89. The quantitative estimate of drug-likeness (QED) is 0.438. The van der Waals surface area contributed by atoms with Gasteiger partial charge in [-0.3, -0.25) is 0 Å². The summed E-state index contributed by atoms with van der Waals surface area (Å²) in [6, 6.07) is 0. The van der Waals surface area contributed by atoms with Crippen molar-refractivity contribution >= 4 is 0 Å². The first-order valence-corrected chi connectivity index (χ1v) is 3.74. The Labute approximate surface area is 69.9 Å². The van der Waals surface area contributed by atoms with Crippen molar-refractivity contribution in [2.45, 2.75) is 6.92 Å². The van der Waals surface area contributed by atoms with Crippen molar-refractivity contribution in [1.29, 1.82) is 0 Å². The summed E-state index contributed by atoms with van der Waals surface area (Å²) < 4.78 is 0.757. The van der Waals surface area contributed by atoms with Crippen LogP contribution >= 0.6 is 0 Å². The highest BCUT2D eigenvalue weighted by Crippen LogP contribution is 1.98. The van der Waals surface area contributed by atoms with Crippen LogP contribution < -0.4 is 0 Å². The second kappa shape index (κ2) is 6.58. The zero-order chi connectivity index (χ0) is 8.04. The minimum absolute atomic E-state index is 0. The Morgan fingerprint density at radius 1 is 1.09 bits per heavy atom. The fraction of sp³-hybridized carbons (Fsp3) is 0.875. The Morgan fingerprint density at radius 2 is 1.45 bits per heavy atom. The fourth-order valence-electron chi connectivity index (χ4n) is 0.911. The van der Waals surface area contributed by atoms with Gasteiger partial charge in [0, 0.05) is 0 Å². The third-order valence-electron chi connectivity index (χ3n) is 2.04. The van der Waals surface area contributed by atoms with Crippen LogP contribution in [0.4, 0.5) is 0 Å². The Balaban J connectivity index is 0. The second-order valence-corrected chi connectivity index (χ2v) is 2.83. The van der Waals surface area contributed by atoms with Gasteiger partial charge in [0.15, 0.2) is 0 Å². The largest absolute Gasteiger partial charge is 0.391 e. The van der Waals surface area contributed by atoms with Gasteiger partial charge in [-0.2, -0.15) is 0 Å². The standard InChI is InChI=1S/C7H18NO2.CH3/c1-3-8(2,4-6-9)5-7-10;/h9-10H,3-7H2,1-2H3;1H3/q+1;-1. The van der Waals surface area contributed by atoms with E-state index >= 15 is 0 Å². The lowest BCUT2D eigenvalue weighted by Gasteiger charge is -2.31. The van der Waals surface area contributed by atoms with Crippen molar-refractivity contribution in [2.24, 2.45) is 0 Å². The van der Waals surface area contributed by atoms with Crippen LogP contribution in [0.2, 0.25) is 0 Å². The molecule has 0 aromatic carbocycles. The molecule has 0 saturated heterocycles. The summed E-state index contributed by atoms with van der Waals surface area (Å²) in [6.45, 7) is 4.88. The van der Waals surface area contributed by atoms with Gasteiger partial charge < -0.3 is 22.1 Å². The summed E-state index contributed by atoms with van der Waals surface area (Å²) in [7, 11) is 2.03. The fourth-order valence-corrected chi connectivity index (χ4v) is 0.911. The number of quaternary nitrogens is 1. The lowest BCUT2D eigenvalue weighted by atomic mass is 10.4. The van der Waals surface area contributed by atoms with Crippen molar-refractivity contribution < 1.29 is 14.7 Å². The molecule has 0 unspecified atom stereocenters. The van der Waals surface area contributed by atoms with E-state index in [2.05, 4.69) is 6.92 Å². The minimum Gasteiger partial charge on any atom is -0.391 e. The van der Waals surface area contributed by atoms with Gasteiger partial charge in [-0.05, 0) is 6.92 Å². The van der Waals surface area contributed by atoms with Crippen LogP contribution in [0.5, 0.6) is 0 Å². The van der Waals surface area contributed by atoms with Crippen LogP contribution in [0.3, 0.4) is 0 Å².